The minimum atomic E-state index is -2.98. The van der Waals surface area contributed by atoms with Crippen LogP contribution in [0.15, 0.2) is 0 Å². The van der Waals surface area contributed by atoms with Gasteiger partial charge in [0, 0.05) is 19.8 Å². The fraction of sp³-hybridized carbons (Fsp3) is 0.667. The van der Waals surface area contributed by atoms with Gasteiger partial charge in [0.2, 0.25) is 0 Å². The molecule has 0 unspecified atom stereocenters. The molecule has 0 aliphatic rings. The molecule has 17 heavy (non-hydrogen) atoms. The van der Waals surface area contributed by atoms with E-state index in [-0.39, 0.29) is 5.75 Å². The molecule has 1 aromatic rings. The molecule has 0 radical (unpaired) electrons. The highest BCUT2D eigenvalue weighted by Crippen LogP contribution is 2.37. The number of ether oxygens (including phenoxy) is 1. The van der Waals surface area contributed by atoms with E-state index in [2.05, 4.69) is 4.37 Å². The van der Waals surface area contributed by atoms with Gasteiger partial charge in [0.25, 0.3) is 0 Å². The Hall–Kier alpha value is -1.02. The number of hydrogen-bond donors (Lipinski definition) is 1. The topological polar surface area (TPSA) is 85.5 Å². The van der Waals surface area contributed by atoms with E-state index in [1.807, 2.05) is 6.92 Å². The summed E-state index contributed by atoms with van der Waals surface area (Å²) >= 11 is 1.21. The minimum absolute atomic E-state index is 0.0901. The van der Waals surface area contributed by atoms with Crippen LogP contribution in [0.3, 0.4) is 0 Å². The van der Waals surface area contributed by atoms with Gasteiger partial charge in [-0.1, -0.05) is 0 Å². The lowest BCUT2D eigenvalue weighted by Gasteiger charge is -2.17. The molecule has 0 aromatic carbocycles. The van der Waals surface area contributed by atoms with Crippen LogP contribution in [0.5, 0.6) is 5.75 Å². The van der Waals surface area contributed by atoms with Crippen molar-refractivity contribution in [2.45, 2.75) is 6.92 Å². The number of nitrogens with zero attached hydrogens (tertiary/aromatic N) is 2. The first-order valence-electron chi connectivity index (χ1n) is 5.12. The number of sulfone groups is 1. The molecule has 2 N–H and O–H groups in total. The van der Waals surface area contributed by atoms with Crippen LogP contribution < -0.4 is 15.4 Å². The van der Waals surface area contributed by atoms with Crippen LogP contribution in [0.2, 0.25) is 0 Å². The minimum Gasteiger partial charge on any atom is -0.487 e. The van der Waals surface area contributed by atoms with Crippen LogP contribution in [0.1, 0.15) is 6.92 Å². The monoisotopic (exact) mass is 279 g/mol. The van der Waals surface area contributed by atoms with Crippen LogP contribution in [-0.4, -0.2) is 45.0 Å². The number of rotatable bonds is 6. The van der Waals surface area contributed by atoms with Gasteiger partial charge in [-0.25, -0.2) is 8.42 Å². The summed E-state index contributed by atoms with van der Waals surface area (Å²) in [6.45, 7) is 2.74. The zero-order valence-corrected chi connectivity index (χ0v) is 11.8. The first kappa shape index (κ1) is 14.0. The summed E-state index contributed by atoms with van der Waals surface area (Å²) in [4.78, 5) is 1.79. The third kappa shape index (κ3) is 4.04. The summed E-state index contributed by atoms with van der Waals surface area (Å²) in [5.41, 5.74) is 5.68. The molecule has 98 valence electrons. The molecule has 1 aromatic heterocycles. The molecule has 0 bridgehead atoms. The van der Waals surface area contributed by atoms with Gasteiger partial charge < -0.3 is 15.4 Å². The zero-order valence-electron chi connectivity index (χ0n) is 10.1. The highest BCUT2D eigenvalue weighted by atomic mass is 32.2. The van der Waals surface area contributed by atoms with Crippen LogP contribution in [0.4, 0.5) is 10.8 Å². The summed E-state index contributed by atoms with van der Waals surface area (Å²) in [5, 5.41) is 0.757. The second kappa shape index (κ2) is 5.54. The largest absolute Gasteiger partial charge is 0.487 e. The third-order valence-corrected chi connectivity index (χ3v) is 3.97. The molecule has 0 saturated heterocycles. The van der Waals surface area contributed by atoms with Crippen molar-refractivity contribution in [3.05, 3.63) is 0 Å². The Kier molecular flexibility index (Phi) is 4.58. The van der Waals surface area contributed by atoms with Crippen molar-refractivity contribution in [2.24, 2.45) is 0 Å². The van der Waals surface area contributed by atoms with Gasteiger partial charge in [-0.3, -0.25) is 0 Å². The second-order valence-electron chi connectivity index (χ2n) is 3.69. The Morgan fingerprint density at radius 2 is 2.18 bits per heavy atom. The van der Waals surface area contributed by atoms with Gasteiger partial charge in [-0.15, -0.1) is 0 Å². The molecule has 1 rings (SSSR count). The van der Waals surface area contributed by atoms with E-state index in [4.69, 9.17) is 10.5 Å². The molecule has 0 fully saturated rings. The first-order chi connectivity index (χ1) is 7.85. The predicted molar refractivity (Wildman–Crippen MR) is 70.7 cm³/mol. The Morgan fingerprint density at radius 3 is 2.71 bits per heavy atom. The van der Waals surface area contributed by atoms with Crippen molar-refractivity contribution < 1.29 is 13.2 Å². The molecule has 0 amide bonds. The zero-order chi connectivity index (χ0) is 13.1. The SMILES string of the molecule is CCOc1c(N)nsc1N(C)CCS(C)(=O)=O. The van der Waals surface area contributed by atoms with E-state index in [0.717, 1.165) is 5.00 Å². The fourth-order valence-corrected chi connectivity index (χ4v) is 2.56. The Bertz CT molecular complexity index is 470. The number of aromatic nitrogens is 1. The predicted octanol–water partition coefficient (Wildman–Crippen LogP) is 0.605. The van der Waals surface area contributed by atoms with Crippen LogP contribution in [0, 0.1) is 0 Å². The number of hydrogen-bond acceptors (Lipinski definition) is 7. The molecule has 0 atom stereocenters. The molecular weight excluding hydrogens is 262 g/mol. The second-order valence-corrected chi connectivity index (χ2v) is 6.70. The summed E-state index contributed by atoms with van der Waals surface area (Å²) in [7, 11) is -1.18. The quantitative estimate of drug-likeness (QED) is 0.821. The van der Waals surface area contributed by atoms with Gasteiger partial charge in [0.15, 0.2) is 16.6 Å². The van der Waals surface area contributed by atoms with Crippen LogP contribution >= 0.6 is 11.5 Å². The maximum Gasteiger partial charge on any atom is 0.197 e. The number of nitrogen functional groups attached to an aromatic ring is 1. The van der Waals surface area contributed by atoms with E-state index in [0.29, 0.717) is 24.7 Å². The van der Waals surface area contributed by atoms with Crippen molar-refractivity contribution in [2.75, 3.05) is 42.8 Å². The molecule has 0 spiro atoms. The van der Waals surface area contributed by atoms with Crippen molar-refractivity contribution in [1.29, 1.82) is 0 Å². The van der Waals surface area contributed by atoms with Crippen LogP contribution in [0.25, 0.3) is 0 Å². The smallest absolute Gasteiger partial charge is 0.197 e. The maximum atomic E-state index is 11.1. The maximum absolute atomic E-state index is 11.1. The molecule has 6 nitrogen and oxygen atoms in total. The molecule has 8 heteroatoms. The van der Waals surface area contributed by atoms with Crippen molar-refractivity contribution in [3.8, 4) is 5.75 Å². The highest BCUT2D eigenvalue weighted by Gasteiger charge is 2.17. The lowest BCUT2D eigenvalue weighted by atomic mass is 10.5. The highest BCUT2D eigenvalue weighted by molar-refractivity contribution is 7.90. The normalized spacial score (nSPS) is 11.5. The van der Waals surface area contributed by atoms with Gasteiger partial charge in [0.05, 0.1) is 12.4 Å². The van der Waals surface area contributed by atoms with Gasteiger partial charge in [0.1, 0.15) is 9.84 Å². The van der Waals surface area contributed by atoms with Gasteiger partial charge >= 0.3 is 0 Å². The fourth-order valence-electron chi connectivity index (χ4n) is 1.21. The van der Waals surface area contributed by atoms with E-state index in [1.165, 1.54) is 17.8 Å². The van der Waals surface area contributed by atoms with Gasteiger partial charge in [-0.2, -0.15) is 4.37 Å². The van der Waals surface area contributed by atoms with Crippen molar-refractivity contribution in [1.82, 2.24) is 4.37 Å². The van der Waals surface area contributed by atoms with E-state index in [1.54, 1.807) is 11.9 Å². The Labute approximate surface area is 105 Å². The summed E-state index contributed by atoms with van der Waals surface area (Å²) < 4.78 is 31.6. The van der Waals surface area contributed by atoms with E-state index < -0.39 is 9.84 Å². The Morgan fingerprint density at radius 1 is 1.53 bits per heavy atom. The van der Waals surface area contributed by atoms with Gasteiger partial charge in [-0.05, 0) is 18.5 Å². The summed E-state index contributed by atoms with van der Waals surface area (Å²) in [6, 6.07) is 0. The number of anilines is 2. The molecule has 0 saturated carbocycles. The Balaban J connectivity index is 2.78. The standard InChI is InChI=1S/C9H17N3O3S2/c1-4-15-7-8(10)11-16-9(7)12(2)5-6-17(3,13)14/h4-6H2,1-3H3,(H2,10,11). The van der Waals surface area contributed by atoms with Crippen molar-refractivity contribution >= 4 is 32.2 Å². The average Bonchev–Trinajstić information content (AvgIpc) is 2.57. The lowest BCUT2D eigenvalue weighted by molar-refractivity contribution is 0.343. The third-order valence-electron chi connectivity index (χ3n) is 2.09. The number of nitrogens with two attached hydrogens (primary N) is 1. The molecule has 0 aliphatic heterocycles. The van der Waals surface area contributed by atoms with Crippen molar-refractivity contribution in [3.63, 3.8) is 0 Å². The first-order valence-corrected chi connectivity index (χ1v) is 7.95. The summed E-state index contributed by atoms with van der Waals surface area (Å²) in [6.07, 6.45) is 1.21. The molecule has 0 aliphatic carbocycles. The molecule has 1 heterocycles. The summed E-state index contributed by atoms with van der Waals surface area (Å²) in [5.74, 6) is 0.971. The van der Waals surface area contributed by atoms with E-state index >= 15 is 0 Å². The molecular formula is C9H17N3O3S2. The van der Waals surface area contributed by atoms with E-state index in [9.17, 15) is 8.42 Å². The lowest BCUT2D eigenvalue weighted by Crippen LogP contribution is -2.24. The van der Waals surface area contributed by atoms with Crippen LogP contribution in [-0.2, 0) is 9.84 Å². The average molecular weight is 279 g/mol.